The number of nitrogens with zero attached hydrogens (tertiary/aromatic N) is 2. The summed E-state index contributed by atoms with van der Waals surface area (Å²) in [4.78, 5) is 16.9. The van der Waals surface area contributed by atoms with Crippen molar-refractivity contribution in [1.82, 2.24) is 9.55 Å². The Morgan fingerprint density at radius 2 is 1.95 bits per heavy atom. The standard InChI is InChI=1S/C14H9ClIN3O/c15-10-3-1-2-4-12(10)19-13(20)9-7-8(16)5-6-11(9)18-14(19)17/h1-7H,(H2,17,18). The quantitative estimate of drug-likeness (QED) is 0.641. The van der Waals surface area contributed by atoms with Crippen molar-refractivity contribution in [2.24, 2.45) is 0 Å². The Labute approximate surface area is 133 Å². The molecule has 0 fully saturated rings. The van der Waals surface area contributed by atoms with Gasteiger partial charge in [-0.3, -0.25) is 4.79 Å². The van der Waals surface area contributed by atoms with E-state index in [0.29, 0.717) is 21.6 Å². The lowest BCUT2D eigenvalue weighted by atomic mass is 10.2. The number of hydrogen-bond donors (Lipinski definition) is 1. The molecule has 2 N–H and O–H groups in total. The van der Waals surface area contributed by atoms with Crippen molar-refractivity contribution in [2.45, 2.75) is 0 Å². The molecule has 0 amide bonds. The molecular weight excluding hydrogens is 389 g/mol. The molecule has 0 bridgehead atoms. The van der Waals surface area contributed by atoms with Crippen LogP contribution in [0.1, 0.15) is 0 Å². The summed E-state index contributed by atoms with van der Waals surface area (Å²) in [6, 6.07) is 12.5. The van der Waals surface area contributed by atoms with Crippen molar-refractivity contribution >= 4 is 51.0 Å². The van der Waals surface area contributed by atoms with Gasteiger partial charge in [0.15, 0.2) is 0 Å². The van der Waals surface area contributed by atoms with Crippen LogP contribution in [0.3, 0.4) is 0 Å². The van der Waals surface area contributed by atoms with E-state index in [4.69, 9.17) is 17.3 Å². The van der Waals surface area contributed by atoms with E-state index >= 15 is 0 Å². The maximum absolute atomic E-state index is 12.6. The van der Waals surface area contributed by atoms with Gasteiger partial charge in [0.2, 0.25) is 5.95 Å². The Morgan fingerprint density at radius 1 is 1.20 bits per heavy atom. The van der Waals surface area contributed by atoms with Gasteiger partial charge in [-0.2, -0.15) is 0 Å². The highest BCUT2D eigenvalue weighted by Gasteiger charge is 2.12. The van der Waals surface area contributed by atoms with Crippen LogP contribution in [0, 0.1) is 3.57 Å². The van der Waals surface area contributed by atoms with E-state index in [1.807, 2.05) is 6.07 Å². The summed E-state index contributed by atoms with van der Waals surface area (Å²) >= 11 is 8.29. The predicted molar refractivity (Wildman–Crippen MR) is 89.5 cm³/mol. The van der Waals surface area contributed by atoms with E-state index in [1.165, 1.54) is 4.57 Å². The number of nitrogens with two attached hydrogens (primary N) is 1. The summed E-state index contributed by atoms with van der Waals surface area (Å²) in [7, 11) is 0. The van der Waals surface area contributed by atoms with Crippen LogP contribution in [-0.4, -0.2) is 9.55 Å². The van der Waals surface area contributed by atoms with Gasteiger partial charge in [-0.25, -0.2) is 9.55 Å². The molecule has 0 spiro atoms. The van der Waals surface area contributed by atoms with Gasteiger partial charge in [-0.1, -0.05) is 23.7 Å². The number of benzene rings is 2. The first-order valence-corrected chi connectivity index (χ1v) is 7.26. The first kappa shape index (κ1) is 13.4. The Morgan fingerprint density at radius 3 is 2.70 bits per heavy atom. The summed E-state index contributed by atoms with van der Waals surface area (Å²) in [5.41, 5.74) is 6.81. The average molecular weight is 398 g/mol. The maximum atomic E-state index is 12.6. The summed E-state index contributed by atoms with van der Waals surface area (Å²) in [6.07, 6.45) is 0. The number of anilines is 1. The molecule has 0 radical (unpaired) electrons. The highest BCUT2D eigenvalue weighted by molar-refractivity contribution is 14.1. The third kappa shape index (κ3) is 2.16. The third-order valence-electron chi connectivity index (χ3n) is 2.95. The molecular formula is C14H9ClIN3O. The van der Waals surface area contributed by atoms with Crippen LogP contribution >= 0.6 is 34.2 Å². The highest BCUT2D eigenvalue weighted by Crippen LogP contribution is 2.22. The fourth-order valence-corrected chi connectivity index (χ4v) is 2.75. The molecule has 4 nitrogen and oxygen atoms in total. The zero-order valence-corrected chi connectivity index (χ0v) is 13.1. The topological polar surface area (TPSA) is 60.9 Å². The molecule has 1 aromatic heterocycles. The van der Waals surface area contributed by atoms with Crippen molar-refractivity contribution in [3.8, 4) is 5.69 Å². The smallest absolute Gasteiger partial charge is 0.267 e. The molecule has 0 aliphatic heterocycles. The second-order valence-corrected chi connectivity index (χ2v) is 5.88. The molecule has 0 aliphatic carbocycles. The number of aromatic nitrogens is 2. The van der Waals surface area contributed by atoms with Gasteiger partial charge in [0.25, 0.3) is 5.56 Å². The molecule has 0 atom stereocenters. The average Bonchev–Trinajstić information content (AvgIpc) is 2.42. The lowest BCUT2D eigenvalue weighted by molar-refractivity contribution is 0.982. The minimum Gasteiger partial charge on any atom is -0.369 e. The zero-order chi connectivity index (χ0) is 14.3. The summed E-state index contributed by atoms with van der Waals surface area (Å²) in [5, 5.41) is 0.971. The number of halogens is 2. The van der Waals surface area contributed by atoms with Crippen molar-refractivity contribution in [3.63, 3.8) is 0 Å². The summed E-state index contributed by atoms with van der Waals surface area (Å²) in [5.74, 6) is 0.122. The van der Waals surface area contributed by atoms with E-state index in [9.17, 15) is 4.79 Å². The van der Waals surface area contributed by atoms with Crippen molar-refractivity contribution in [1.29, 1.82) is 0 Å². The van der Waals surface area contributed by atoms with E-state index in [0.717, 1.165) is 3.57 Å². The normalized spacial score (nSPS) is 10.9. The van der Waals surface area contributed by atoms with Crippen molar-refractivity contribution in [3.05, 3.63) is 61.4 Å². The van der Waals surface area contributed by atoms with Crippen LogP contribution in [0.4, 0.5) is 5.95 Å². The lowest BCUT2D eigenvalue weighted by Crippen LogP contribution is -2.23. The molecule has 6 heteroatoms. The Balaban J connectivity index is 2.43. The largest absolute Gasteiger partial charge is 0.369 e. The number of hydrogen-bond acceptors (Lipinski definition) is 3. The van der Waals surface area contributed by atoms with E-state index in [-0.39, 0.29) is 11.5 Å². The number of fused-ring (bicyclic) bond motifs is 1. The van der Waals surface area contributed by atoms with Crippen molar-refractivity contribution < 1.29 is 0 Å². The molecule has 0 aliphatic rings. The third-order valence-corrected chi connectivity index (χ3v) is 3.94. The molecule has 0 unspecified atom stereocenters. The Bertz CT molecular complexity index is 876. The second-order valence-electron chi connectivity index (χ2n) is 4.22. The molecule has 3 rings (SSSR count). The van der Waals surface area contributed by atoms with Gasteiger partial charge in [0.1, 0.15) is 0 Å². The second kappa shape index (κ2) is 5.06. The molecule has 100 valence electrons. The molecule has 1 heterocycles. The van der Waals surface area contributed by atoms with Crippen LogP contribution < -0.4 is 11.3 Å². The maximum Gasteiger partial charge on any atom is 0.267 e. The van der Waals surface area contributed by atoms with Crippen LogP contribution in [0.25, 0.3) is 16.6 Å². The molecule has 0 saturated carbocycles. The van der Waals surface area contributed by atoms with Crippen LogP contribution in [0.15, 0.2) is 47.3 Å². The Kier molecular flexibility index (Phi) is 3.39. The minimum atomic E-state index is -0.223. The van der Waals surface area contributed by atoms with Crippen LogP contribution in [-0.2, 0) is 0 Å². The van der Waals surface area contributed by atoms with Crippen LogP contribution in [0.2, 0.25) is 5.02 Å². The Hall–Kier alpha value is -1.60. The monoisotopic (exact) mass is 397 g/mol. The number of para-hydroxylation sites is 1. The van der Waals surface area contributed by atoms with Gasteiger partial charge >= 0.3 is 0 Å². The van der Waals surface area contributed by atoms with E-state index < -0.39 is 0 Å². The summed E-state index contributed by atoms with van der Waals surface area (Å²) in [6.45, 7) is 0. The number of rotatable bonds is 1. The van der Waals surface area contributed by atoms with Gasteiger partial charge < -0.3 is 5.73 Å². The van der Waals surface area contributed by atoms with Crippen molar-refractivity contribution in [2.75, 3.05) is 5.73 Å². The first-order chi connectivity index (χ1) is 9.58. The van der Waals surface area contributed by atoms with Gasteiger partial charge in [-0.05, 0) is 52.9 Å². The van der Waals surface area contributed by atoms with Gasteiger partial charge in [-0.15, -0.1) is 0 Å². The first-order valence-electron chi connectivity index (χ1n) is 5.80. The fourth-order valence-electron chi connectivity index (χ4n) is 2.04. The number of nitrogen functional groups attached to an aromatic ring is 1. The zero-order valence-electron chi connectivity index (χ0n) is 10.2. The SMILES string of the molecule is Nc1nc2ccc(I)cc2c(=O)n1-c1ccccc1Cl. The predicted octanol–water partition coefficient (Wildman–Crippen LogP) is 3.23. The molecule has 0 saturated heterocycles. The fraction of sp³-hybridized carbons (Fsp3) is 0. The molecule has 20 heavy (non-hydrogen) atoms. The molecule has 3 aromatic rings. The highest BCUT2D eigenvalue weighted by atomic mass is 127. The van der Waals surface area contributed by atoms with Crippen LogP contribution in [0.5, 0.6) is 0 Å². The van der Waals surface area contributed by atoms with Gasteiger partial charge in [0.05, 0.1) is 21.6 Å². The van der Waals surface area contributed by atoms with Gasteiger partial charge in [0, 0.05) is 3.57 Å². The van der Waals surface area contributed by atoms with E-state index in [1.54, 1.807) is 36.4 Å². The summed E-state index contributed by atoms with van der Waals surface area (Å²) < 4.78 is 2.30. The molecule has 2 aromatic carbocycles. The van der Waals surface area contributed by atoms with E-state index in [2.05, 4.69) is 27.6 Å². The minimum absolute atomic E-state index is 0.122. The lowest BCUT2D eigenvalue weighted by Gasteiger charge is -2.11.